The highest BCUT2D eigenvalue weighted by molar-refractivity contribution is 6.33. The molecule has 1 aliphatic carbocycles. The molecule has 2 aromatic heterocycles. The molecule has 4 rings (SSSR count). The molecular weight excluding hydrogens is 382 g/mol. The quantitative estimate of drug-likeness (QED) is 0.402. The maximum absolute atomic E-state index is 6.44. The van der Waals surface area contributed by atoms with Gasteiger partial charge in [0.1, 0.15) is 0 Å². The number of unbranched alkanes of at least 4 members (excludes halogenated alkanes) is 3. The number of nitrogens with one attached hydrogen (secondary N) is 3. The van der Waals surface area contributed by atoms with E-state index >= 15 is 0 Å². The summed E-state index contributed by atoms with van der Waals surface area (Å²) >= 11 is 6.44. The van der Waals surface area contributed by atoms with Crippen LogP contribution in [0.1, 0.15) is 44.9 Å². The molecule has 2 atom stereocenters. The molecule has 2 heterocycles. The lowest BCUT2D eigenvalue weighted by molar-refractivity contribution is 0.500. The lowest BCUT2D eigenvalue weighted by Gasteiger charge is -2.15. The molecule has 3 N–H and O–H groups in total. The van der Waals surface area contributed by atoms with Crippen LogP contribution >= 0.6 is 11.6 Å². The van der Waals surface area contributed by atoms with E-state index in [1.807, 2.05) is 18.3 Å². The molecule has 5 nitrogen and oxygen atoms in total. The van der Waals surface area contributed by atoms with Crippen molar-refractivity contribution in [3.63, 3.8) is 0 Å². The van der Waals surface area contributed by atoms with Crippen LogP contribution in [0.15, 0.2) is 36.7 Å². The topological polar surface area (TPSA) is 65.6 Å². The van der Waals surface area contributed by atoms with E-state index in [2.05, 4.69) is 39.7 Å². The van der Waals surface area contributed by atoms with Gasteiger partial charge in [0, 0.05) is 34.7 Å². The molecule has 1 saturated carbocycles. The average molecular weight is 411 g/mol. The van der Waals surface area contributed by atoms with E-state index in [0.717, 1.165) is 48.0 Å². The van der Waals surface area contributed by atoms with Gasteiger partial charge in [-0.2, -0.15) is 0 Å². The number of para-hydroxylation sites is 1. The molecular formula is C23H29ClN5. The molecule has 3 aromatic rings. The number of rotatable bonds is 9. The molecule has 0 aliphatic heterocycles. The number of H-pyrrole nitrogens is 1. The number of anilines is 1. The van der Waals surface area contributed by atoms with Crippen LogP contribution < -0.4 is 10.6 Å². The Morgan fingerprint density at radius 2 is 2.00 bits per heavy atom. The SMILES string of the molecule is [CH2]CCCCCN[C@H]1CC[C@H](Nc2ncc(Cl)c(-c3c[nH]c4ccccc34)n2)C1. The monoisotopic (exact) mass is 410 g/mol. The van der Waals surface area contributed by atoms with Crippen molar-refractivity contribution in [2.75, 3.05) is 11.9 Å². The summed E-state index contributed by atoms with van der Waals surface area (Å²) in [5.41, 5.74) is 2.84. The Bertz CT molecular complexity index is 938. The first kappa shape index (κ1) is 20.2. The average Bonchev–Trinajstić information content (AvgIpc) is 3.36. The minimum atomic E-state index is 0.393. The zero-order chi connectivity index (χ0) is 20.1. The number of hydrogen-bond donors (Lipinski definition) is 3. The van der Waals surface area contributed by atoms with Gasteiger partial charge in [-0.3, -0.25) is 0 Å². The normalized spacial score (nSPS) is 19.1. The second-order valence-electron chi connectivity index (χ2n) is 7.86. The van der Waals surface area contributed by atoms with Crippen molar-refractivity contribution >= 4 is 28.5 Å². The van der Waals surface area contributed by atoms with E-state index < -0.39 is 0 Å². The number of aromatic nitrogens is 3. The summed E-state index contributed by atoms with van der Waals surface area (Å²) in [4.78, 5) is 12.5. The highest BCUT2D eigenvalue weighted by atomic mass is 35.5. The molecule has 29 heavy (non-hydrogen) atoms. The van der Waals surface area contributed by atoms with Crippen molar-refractivity contribution in [2.24, 2.45) is 0 Å². The number of fused-ring (bicyclic) bond motifs is 1. The first-order valence-electron chi connectivity index (χ1n) is 10.6. The fourth-order valence-electron chi connectivity index (χ4n) is 4.16. The van der Waals surface area contributed by atoms with Crippen LogP contribution in [-0.2, 0) is 0 Å². The van der Waals surface area contributed by atoms with Crippen molar-refractivity contribution in [2.45, 2.75) is 57.0 Å². The summed E-state index contributed by atoms with van der Waals surface area (Å²) in [5, 5.41) is 8.89. The standard InChI is InChI=1S/C23H29ClN5/c1-2-3-4-7-12-25-16-10-11-17(13-16)28-23-27-15-20(24)22(29-23)19-14-26-21-9-6-5-8-18(19)21/h5-6,8-9,14-17,25-26H,1-4,7,10-13H2,(H,27,28,29)/t16-,17-/m0/s1. The smallest absolute Gasteiger partial charge is 0.223 e. The fraction of sp³-hybridized carbons (Fsp3) is 0.435. The maximum atomic E-state index is 6.44. The summed E-state index contributed by atoms with van der Waals surface area (Å²) in [5.74, 6) is 0.649. The lowest BCUT2D eigenvalue weighted by atomic mass is 10.1. The summed E-state index contributed by atoms with van der Waals surface area (Å²) in [7, 11) is 0. The zero-order valence-electron chi connectivity index (χ0n) is 16.8. The molecule has 1 aliphatic rings. The third-order valence-electron chi connectivity index (χ3n) is 5.71. The van der Waals surface area contributed by atoms with E-state index in [4.69, 9.17) is 16.6 Å². The molecule has 0 amide bonds. The zero-order valence-corrected chi connectivity index (χ0v) is 17.5. The predicted octanol–water partition coefficient (Wildman–Crippen LogP) is 5.60. The molecule has 0 bridgehead atoms. The van der Waals surface area contributed by atoms with Gasteiger partial charge >= 0.3 is 0 Å². The van der Waals surface area contributed by atoms with Gasteiger partial charge in [0.05, 0.1) is 16.9 Å². The fourth-order valence-corrected chi connectivity index (χ4v) is 4.35. The van der Waals surface area contributed by atoms with Crippen molar-refractivity contribution < 1.29 is 0 Å². The van der Waals surface area contributed by atoms with E-state index in [1.54, 1.807) is 6.20 Å². The van der Waals surface area contributed by atoms with Crippen molar-refractivity contribution in [3.05, 3.63) is 48.6 Å². The Balaban J connectivity index is 1.39. The number of benzene rings is 1. The molecule has 6 heteroatoms. The summed E-state index contributed by atoms with van der Waals surface area (Å²) in [6.45, 7) is 5.00. The van der Waals surface area contributed by atoms with E-state index in [1.165, 1.54) is 25.7 Å². The van der Waals surface area contributed by atoms with Crippen LogP contribution in [0.25, 0.3) is 22.2 Å². The van der Waals surface area contributed by atoms with E-state index in [9.17, 15) is 0 Å². The molecule has 0 unspecified atom stereocenters. The number of aromatic amines is 1. The van der Waals surface area contributed by atoms with Gasteiger partial charge < -0.3 is 15.6 Å². The Morgan fingerprint density at radius 3 is 2.90 bits per heavy atom. The Labute approximate surface area is 177 Å². The second-order valence-corrected chi connectivity index (χ2v) is 8.26. The van der Waals surface area contributed by atoms with Gasteiger partial charge in [-0.15, -0.1) is 0 Å². The van der Waals surface area contributed by atoms with Crippen molar-refractivity contribution in [1.82, 2.24) is 20.3 Å². The Kier molecular flexibility index (Phi) is 6.67. The molecule has 0 saturated heterocycles. The highest BCUT2D eigenvalue weighted by Gasteiger charge is 2.25. The lowest BCUT2D eigenvalue weighted by Crippen LogP contribution is -2.29. The van der Waals surface area contributed by atoms with Crippen LogP contribution in [0.3, 0.4) is 0 Å². The van der Waals surface area contributed by atoms with Crippen molar-refractivity contribution in [3.8, 4) is 11.3 Å². The van der Waals surface area contributed by atoms with Gasteiger partial charge in [-0.25, -0.2) is 9.97 Å². The van der Waals surface area contributed by atoms with Gasteiger partial charge in [0.15, 0.2) is 0 Å². The van der Waals surface area contributed by atoms with Crippen LogP contribution in [0.2, 0.25) is 5.02 Å². The minimum absolute atomic E-state index is 0.393. The van der Waals surface area contributed by atoms with Crippen LogP contribution in [0.4, 0.5) is 5.95 Å². The van der Waals surface area contributed by atoms with Gasteiger partial charge in [0.2, 0.25) is 5.95 Å². The summed E-state index contributed by atoms with van der Waals surface area (Å²) < 4.78 is 0. The first-order valence-corrected chi connectivity index (χ1v) is 11.0. The van der Waals surface area contributed by atoms with Crippen molar-refractivity contribution in [1.29, 1.82) is 0 Å². The predicted molar refractivity (Wildman–Crippen MR) is 121 cm³/mol. The highest BCUT2D eigenvalue weighted by Crippen LogP contribution is 2.32. The number of halogens is 1. The largest absolute Gasteiger partial charge is 0.360 e. The van der Waals surface area contributed by atoms with Gasteiger partial charge in [0.25, 0.3) is 0 Å². The Hall–Kier alpha value is -2.11. The number of nitrogens with zero attached hydrogens (tertiary/aromatic N) is 2. The van der Waals surface area contributed by atoms with Crippen LogP contribution in [0, 0.1) is 6.92 Å². The van der Waals surface area contributed by atoms with E-state index in [0.29, 0.717) is 23.1 Å². The summed E-state index contributed by atoms with van der Waals surface area (Å²) in [6, 6.07) is 9.15. The van der Waals surface area contributed by atoms with Gasteiger partial charge in [-0.1, -0.05) is 56.0 Å². The number of hydrogen-bond acceptors (Lipinski definition) is 4. The van der Waals surface area contributed by atoms with E-state index in [-0.39, 0.29) is 0 Å². The van der Waals surface area contributed by atoms with Crippen LogP contribution in [0.5, 0.6) is 0 Å². The Morgan fingerprint density at radius 1 is 1.14 bits per heavy atom. The second kappa shape index (κ2) is 9.59. The molecule has 153 valence electrons. The maximum Gasteiger partial charge on any atom is 0.223 e. The third-order valence-corrected chi connectivity index (χ3v) is 5.99. The molecule has 1 aromatic carbocycles. The molecule has 1 radical (unpaired) electrons. The summed E-state index contributed by atoms with van der Waals surface area (Å²) in [6.07, 6.45) is 11.8. The first-order chi connectivity index (χ1) is 14.2. The molecule has 1 fully saturated rings. The minimum Gasteiger partial charge on any atom is -0.360 e. The van der Waals surface area contributed by atoms with Crippen LogP contribution in [-0.4, -0.2) is 33.6 Å². The van der Waals surface area contributed by atoms with Gasteiger partial charge in [-0.05, 0) is 38.3 Å². The third kappa shape index (κ3) is 4.90. The molecule has 0 spiro atoms.